The van der Waals surface area contributed by atoms with Crippen molar-refractivity contribution in [2.75, 3.05) is 19.8 Å². The van der Waals surface area contributed by atoms with Crippen molar-refractivity contribution in [1.82, 2.24) is 0 Å². The van der Waals surface area contributed by atoms with E-state index in [0.29, 0.717) is 5.92 Å². The molecule has 0 spiro atoms. The number of fused-ring (bicyclic) bond motifs is 1. The first-order chi connectivity index (χ1) is 8.75. The third kappa shape index (κ3) is 2.34. The van der Waals surface area contributed by atoms with Crippen LogP contribution in [-0.2, 0) is 11.2 Å². The van der Waals surface area contributed by atoms with Crippen molar-refractivity contribution in [3.05, 3.63) is 28.3 Å². The molecule has 1 unspecified atom stereocenters. The monoisotopic (exact) mass is 286 g/mol. The summed E-state index contributed by atoms with van der Waals surface area (Å²) >= 11 is 12.8. The lowest BCUT2D eigenvalue weighted by molar-refractivity contribution is 0.0649. The van der Waals surface area contributed by atoms with Crippen LogP contribution in [0.5, 0.6) is 5.75 Å². The Labute approximate surface area is 117 Å². The van der Waals surface area contributed by atoms with Gasteiger partial charge in [0, 0.05) is 30.2 Å². The Bertz CT molecular complexity index is 442. The molecule has 0 aromatic heterocycles. The number of alkyl halides is 1. The molecule has 1 fully saturated rings. The van der Waals surface area contributed by atoms with E-state index in [1.54, 1.807) is 0 Å². The summed E-state index contributed by atoms with van der Waals surface area (Å²) in [6, 6.07) is 3.94. The van der Waals surface area contributed by atoms with E-state index in [-0.39, 0.29) is 5.38 Å². The minimum atomic E-state index is -0.0283. The summed E-state index contributed by atoms with van der Waals surface area (Å²) < 4.78 is 11.1. The van der Waals surface area contributed by atoms with E-state index in [1.807, 2.05) is 12.1 Å². The standard InChI is InChI=1S/C14H16Cl2O2/c15-11-7-10-3-6-18-14(10)12(8-11)13(16)9-1-4-17-5-2-9/h7-9,13H,1-6H2. The summed E-state index contributed by atoms with van der Waals surface area (Å²) in [4.78, 5) is 0. The van der Waals surface area contributed by atoms with E-state index in [4.69, 9.17) is 32.7 Å². The number of rotatable bonds is 2. The number of halogens is 2. The van der Waals surface area contributed by atoms with Gasteiger partial charge in [-0.25, -0.2) is 0 Å². The topological polar surface area (TPSA) is 18.5 Å². The van der Waals surface area contributed by atoms with Gasteiger partial charge in [0.15, 0.2) is 0 Å². The molecule has 0 N–H and O–H groups in total. The average molecular weight is 287 g/mol. The van der Waals surface area contributed by atoms with Crippen LogP contribution in [0.1, 0.15) is 29.3 Å². The molecule has 18 heavy (non-hydrogen) atoms. The van der Waals surface area contributed by atoms with Gasteiger partial charge in [-0.1, -0.05) is 11.6 Å². The van der Waals surface area contributed by atoms with Gasteiger partial charge in [0.25, 0.3) is 0 Å². The smallest absolute Gasteiger partial charge is 0.127 e. The first-order valence-corrected chi connectivity index (χ1v) is 7.24. The molecule has 2 aliphatic rings. The summed E-state index contributed by atoms with van der Waals surface area (Å²) in [6.45, 7) is 2.34. The lowest BCUT2D eigenvalue weighted by atomic mass is 9.90. The first-order valence-electron chi connectivity index (χ1n) is 6.42. The van der Waals surface area contributed by atoms with E-state index in [9.17, 15) is 0 Å². The lowest BCUT2D eigenvalue weighted by Gasteiger charge is -2.27. The fourth-order valence-electron chi connectivity index (χ4n) is 2.77. The van der Waals surface area contributed by atoms with Crippen LogP contribution in [0.3, 0.4) is 0 Å². The molecule has 98 valence electrons. The van der Waals surface area contributed by atoms with Crippen LogP contribution < -0.4 is 4.74 Å². The van der Waals surface area contributed by atoms with Gasteiger partial charge in [0.05, 0.1) is 12.0 Å². The Balaban J connectivity index is 1.91. The number of hydrogen-bond acceptors (Lipinski definition) is 2. The second-order valence-corrected chi connectivity index (χ2v) is 5.84. The average Bonchev–Trinajstić information content (AvgIpc) is 2.86. The molecule has 0 radical (unpaired) electrons. The molecule has 0 bridgehead atoms. The third-order valence-electron chi connectivity index (χ3n) is 3.75. The number of benzene rings is 1. The predicted molar refractivity (Wildman–Crippen MR) is 72.8 cm³/mol. The summed E-state index contributed by atoms with van der Waals surface area (Å²) in [6.07, 6.45) is 2.95. The highest BCUT2D eigenvalue weighted by Gasteiger charge is 2.29. The minimum Gasteiger partial charge on any atom is -0.493 e. The molecular formula is C14H16Cl2O2. The normalized spacial score (nSPS) is 21.4. The molecule has 2 nitrogen and oxygen atoms in total. The highest BCUT2D eigenvalue weighted by Crippen LogP contribution is 2.44. The Kier molecular flexibility index (Phi) is 3.69. The summed E-state index contributed by atoms with van der Waals surface area (Å²) in [5, 5.41) is 0.728. The molecule has 2 aliphatic heterocycles. The highest BCUT2D eigenvalue weighted by atomic mass is 35.5. The van der Waals surface area contributed by atoms with Crippen molar-refractivity contribution < 1.29 is 9.47 Å². The molecule has 2 heterocycles. The molecule has 1 atom stereocenters. The molecule has 1 aromatic carbocycles. The van der Waals surface area contributed by atoms with Crippen LogP contribution in [0.25, 0.3) is 0 Å². The lowest BCUT2D eigenvalue weighted by Crippen LogP contribution is -2.19. The molecule has 0 aliphatic carbocycles. The molecule has 1 saturated heterocycles. The Hall–Kier alpha value is -0.440. The van der Waals surface area contributed by atoms with E-state index < -0.39 is 0 Å². The zero-order valence-corrected chi connectivity index (χ0v) is 11.6. The van der Waals surface area contributed by atoms with Crippen LogP contribution in [0.15, 0.2) is 12.1 Å². The minimum absolute atomic E-state index is 0.0283. The second-order valence-electron chi connectivity index (χ2n) is 4.93. The molecule has 4 heteroatoms. The van der Waals surface area contributed by atoms with E-state index in [1.165, 1.54) is 5.56 Å². The molecule has 0 amide bonds. The number of hydrogen-bond donors (Lipinski definition) is 0. The zero-order valence-electron chi connectivity index (χ0n) is 10.1. The van der Waals surface area contributed by atoms with Crippen LogP contribution in [0.2, 0.25) is 5.02 Å². The van der Waals surface area contributed by atoms with Crippen molar-refractivity contribution in [2.24, 2.45) is 5.92 Å². The quantitative estimate of drug-likeness (QED) is 0.766. The van der Waals surface area contributed by atoms with Crippen molar-refractivity contribution >= 4 is 23.2 Å². The van der Waals surface area contributed by atoms with Crippen molar-refractivity contribution in [3.63, 3.8) is 0 Å². The molecule has 3 rings (SSSR count). The van der Waals surface area contributed by atoms with Gasteiger partial charge < -0.3 is 9.47 Å². The Morgan fingerprint density at radius 3 is 2.72 bits per heavy atom. The summed E-state index contributed by atoms with van der Waals surface area (Å²) in [5.74, 6) is 1.41. The van der Waals surface area contributed by atoms with Gasteiger partial charge in [-0.3, -0.25) is 0 Å². The van der Waals surface area contributed by atoms with E-state index >= 15 is 0 Å². The third-order valence-corrected chi connectivity index (χ3v) is 4.56. The maximum absolute atomic E-state index is 6.65. The van der Waals surface area contributed by atoms with Crippen molar-refractivity contribution in [2.45, 2.75) is 24.6 Å². The molecule has 0 saturated carbocycles. The van der Waals surface area contributed by atoms with Crippen LogP contribution in [0.4, 0.5) is 0 Å². The predicted octanol–water partition coefficient (Wildman–Crippen LogP) is 3.98. The Morgan fingerprint density at radius 1 is 1.17 bits per heavy atom. The van der Waals surface area contributed by atoms with Crippen LogP contribution in [0, 0.1) is 5.92 Å². The van der Waals surface area contributed by atoms with E-state index in [0.717, 1.165) is 55.4 Å². The van der Waals surface area contributed by atoms with Gasteiger partial charge in [-0.05, 0) is 36.5 Å². The van der Waals surface area contributed by atoms with E-state index in [2.05, 4.69) is 0 Å². The van der Waals surface area contributed by atoms with Crippen molar-refractivity contribution in [3.8, 4) is 5.75 Å². The highest BCUT2D eigenvalue weighted by molar-refractivity contribution is 6.31. The maximum Gasteiger partial charge on any atom is 0.127 e. The van der Waals surface area contributed by atoms with Gasteiger partial charge in [0.2, 0.25) is 0 Å². The zero-order chi connectivity index (χ0) is 12.5. The summed E-state index contributed by atoms with van der Waals surface area (Å²) in [7, 11) is 0. The second kappa shape index (κ2) is 5.28. The van der Waals surface area contributed by atoms with Gasteiger partial charge in [-0.2, -0.15) is 0 Å². The van der Waals surface area contributed by atoms with Crippen LogP contribution in [-0.4, -0.2) is 19.8 Å². The van der Waals surface area contributed by atoms with Gasteiger partial charge >= 0.3 is 0 Å². The molecule has 1 aromatic rings. The fraction of sp³-hybridized carbons (Fsp3) is 0.571. The first kappa shape index (κ1) is 12.6. The van der Waals surface area contributed by atoms with Crippen molar-refractivity contribution in [1.29, 1.82) is 0 Å². The molecular weight excluding hydrogens is 271 g/mol. The van der Waals surface area contributed by atoms with Gasteiger partial charge in [0.1, 0.15) is 5.75 Å². The fourth-order valence-corrected chi connectivity index (χ4v) is 3.43. The number of ether oxygens (including phenoxy) is 2. The maximum atomic E-state index is 6.65. The van der Waals surface area contributed by atoms with Gasteiger partial charge in [-0.15, -0.1) is 11.6 Å². The summed E-state index contributed by atoms with van der Waals surface area (Å²) in [5.41, 5.74) is 2.25. The Morgan fingerprint density at radius 2 is 1.94 bits per heavy atom. The van der Waals surface area contributed by atoms with Crippen LogP contribution >= 0.6 is 23.2 Å². The largest absolute Gasteiger partial charge is 0.493 e. The SMILES string of the molecule is Clc1cc2c(c(C(Cl)C3CCOCC3)c1)OCC2.